The molecule has 9 heteroatoms. The Bertz CT molecular complexity index is 908. The monoisotopic (exact) mass is 495 g/mol. The third kappa shape index (κ3) is 3.36. The van der Waals surface area contributed by atoms with Crippen molar-refractivity contribution in [2.24, 2.45) is 11.1 Å². The number of carbonyl (C=O) groups excluding carboxylic acids is 1. The summed E-state index contributed by atoms with van der Waals surface area (Å²) in [4.78, 5) is 19.7. The maximum Gasteiger partial charge on any atom is 0.318 e. The molecule has 1 saturated carbocycles. The van der Waals surface area contributed by atoms with E-state index in [4.69, 9.17) is 14.3 Å². The van der Waals surface area contributed by atoms with E-state index in [0.29, 0.717) is 31.7 Å². The van der Waals surface area contributed by atoms with E-state index in [9.17, 15) is 9.90 Å². The Morgan fingerprint density at radius 3 is 2.87 bits per heavy atom. The lowest BCUT2D eigenvalue weighted by atomic mass is 9.59. The van der Waals surface area contributed by atoms with Crippen molar-refractivity contribution in [3.05, 3.63) is 21.7 Å². The highest BCUT2D eigenvalue weighted by atomic mass is 79.9. The molecule has 0 aromatic heterocycles. The number of aliphatic hydroxyl groups excluding tert-OH is 1. The van der Waals surface area contributed by atoms with Crippen molar-refractivity contribution in [1.82, 2.24) is 10.2 Å². The predicted octanol–water partition coefficient (Wildman–Crippen LogP) is 3.18. The van der Waals surface area contributed by atoms with Gasteiger partial charge in [-0.15, -0.1) is 0 Å². The van der Waals surface area contributed by atoms with Crippen LogP contribution in [0.4, 0.5) is 4.79 Å². The minimum Gasteiger partial charge on any atom is -0.495 e. The molecule has 1 aliphatic carbocycles. The number of hydrogen-bond donors (Lipinski definition) is 2. The molecule has 1 fully saturated rings. The number of aliphatic hydroxyl groups is 1. The van der Waals surface area contributed by atoms with Crippen LogP contribution in [0.3, 0.4) is 0 Å². The summed E-state index contributed by atoms with van der Waals surface area (Å²) in [6, 6.07) is 1.49. The Morgan fingerprint density at radius 2 is 2.23 bits per heavy atom. The van der Waals surface area contributed by atoms with E-state index in [1.807, 2.05) is 13.0 Å². The first-order valence-electron chi connectivity index (χ1n) is 10.7. The van der Waals surface area contributed by atoms with Crippen LogP contribution in [0.5, 0.6) is 11.5 Å². The maximum atomic E-state index is 12.9. The Kier molecular flexibility index (Phi) is 6.09. The zero-order valence-corrected chi connectivity index (χ0v) is 20.0. The smallest absolute Gasteiger partial charge is 0.318 e. The molecule has 0 unspecified atom stereocenters. The van der Waals surface area contributed by atoms with E-state index in [-0.39, 0.29) is 36.1 Å². The molecule has 2 amide bonds. The molecule has 4 rings (SSSR count). The van der Waals surface area contributed by atoms with Gasteiger partial charge in [0.05, 0.1) is 25.5 Å². The first-order chi connectivity index (χ1) is 14.9. The average molecular weight is 496 g/mol. The van der Waals surface area contributed by atoms with Gasteiger partial charge in [-0.3, -0.25) is 0 Å². The minimum absolute atomic E-state index is 0.112. The first kappa shape index (κ1) is 22.2. The number of methoxy groups -OCH3 is 1. The van der Waals surface area contributed by atoms with Gasteiger partial charge in [-0.1, -0.05) is 12.1 Å². The second-order valence-electron chi connectivity index (χ2n) is 8.56. The lowest BCUT2D eigenvalue weighted by molar-refractivity contribution is 0.0504. The van der Waals surface area contributed by atoms with Crippen molar-refractivity contribution in [2.45, 2.75) is 57.2 Å². The van der Waals surface area contributed by atoms with Gasteiger partial charge in [-0.2, -0.15) is 0 Å². The lowest BCUT2D eigenvalue weighted by Crippen LogP contribution is -2.54. The fourth-order valence-corrected chi connectivity index (χ4v) is 6.26. The number of oxime groups is 1. The van der Waals surface area contributed by atoms with E-state index in [1.165, 1.54) is 0 Å². The van der Waals surface area contributed by atoms with Crippen LogP contribution in [0, 0.1) is 5.92 Å². The first-order valence-corrected chi connectivity index (χ1v) is 11.5. The maximum absolute atomic E-state index is 12.9. The van der Waals surface area contributed by atoms with Gasteiger partial charge in [0.2, 0.25) is 0 Å². The summed E-state index contributed by atoms with van der Waals surface area (Å²) in [5.41, 5.74) is 2.74. The molecule has 3 aliphatic rings. The molecule has 2 heterocycles. The molecule has 0 saturated heterocycles. The van der Waals surface area contributed by atoms with E-state index in [2.05, 4.69) is 33.3 Å². The average Bonchev–Trinajstić information content (AvgIpc) is 3.00. The van der Waals surface area contributed by atoms with Crippen molar-refractivity contribution >= 4 is 27.7 Å². The quantitative estimate of drug-likeness (QED) is 0.625. The number of carbonyl (C=O) groups is 1. The van der Waals surface area contributed by atoms with Gasteiger partial charge in [0, 0.05) is 30.5 Å². The molecule has 1 spiro atoms. The van der Waals surface area contributed by atoms with Crippen LogP contribution in [0.15, 0.2) is 15.7 Å². The van der Waals surface area contributed by atoms with Gasteiger partial charge in [0.15, 0.2) is 0 Å². The lowest BCUT2D eigenvalue weighted by Gasteiger charge is -2.45. The third-order valence-corrected chi connectivity index (χ3v) is 7.76. The molecule has 4 atom stereocenters. The predicted molar refractivity (Wildman–Crippen MR) is 120 cm³/mol. The molecule has 170 valence electrons. The molecular weight excluding hydrogens is 466 g/mol. The Balaban J connectivity index is 1.91. The summed E-state index contributed by atoms with van der Waals surface area (Å²) in [7, 11) is 3.18. The van der Waals surface area contributed by atoms with Gasteiger partial charge in [-0.05, 0) is 53.2 Å². The van der Waals surface area contributed by atoms with E-state index in [1.54, 1.807) is 19.1 Å². The number of rotatable bonds is 4. The number of urea groups is 1. The standard InChI is InChI=1S/C22H30BrN3O5/c1-5-24-21(28)26-10-13-7-16(29-3)19(23)20-18(13)22(9-15(26)11-27)12(2)6-14(25-30-4)8-17(22)31-20/h7,12,15,17,27H,5-6,8-11H2,1-4H3,(H,24,28)/t12-,15+,17-,22+/m1/s1. The summed E-state index contributed by atoms with van der Waals surface area (Å²) in [5.74, 6) is 1.63. The zero-order chi connectivity index (χ0) is 22.3. The van der Waals surface area contributed by atoms with Crippen molar-refractivity contribution in [1.29, 1.82) is 0 Å². The van der Waals surface area contributed by atoms with Crippen LogP contribution in [-0.4, -0.2) is 61.3 Å². The van der Waals surface area contributed by atoms with Crippen LogP contribution in [0.1, 0.15) is 44.2 Å². The summed E-state index contributed by atoms with van der Waals surface area (Å²) < 4.78 is 13.0. The highest BCUT2D eigenvalue weighted by molar-refractivity contribution is 9.10. The largest absolute Gasteiger partial charge is 0.495 e. The Hall–Kier alpha value is -2.00. The van der Waals surface area contributed by atoms with Gasteiger partial charge in [0.25, 0.3) is 0 Å². The number of nitrogens with one attached hydrogen (secondary N) is 1. The minimum atomic E-state index is -0.346. The number of ether oxygens (including phenoxy) is 2. The summed E-state index contributed by atoms with van der Waals surface area (Å²) >= 11 is 3.68. The fourth-order valence-electron chi connectivity index (χ4n) is 5.69. The van der Waals surface area contributed by atoms with Gasteiger partial charge >= 0.3 is 6.03 Å². The summed E-state index contributed by atoms with van der Waals surface area (Å²) in [6.07, 6.45) is 1.87. The van der Waals surface area contributed by atoms with Crippen LogP contribution in [0.2, 0.25) is 0 Å². The molecule has 1 aromatic rings. The van der Waals surface area contributed by atoms with Crippen LogP contribution in [-0.2, 0) is 16.8 Å². The number of hydrogen-bond acceptors (Lipinski definition) is 6. The number of benzene rings is 1. The summed E-state index contributed by atoms with van der Waals surface area (Å²) in [6.45, 7) is 4.89. The third-order valence-electron chi connectivity index (χ3n) is 7.01. The number of nitrogens with zero attached hydrogens (tertiary/aromatic N) is 2. The van der Waals surface area contributed by atoms with Crippen LogP contribution < -0.4 is 14.8 Å². The number of amides is 2. The van der Waals surface area contributed by atoms with Gasteiger partial charge < -0.3 is 29.6 Å². The molecule has 2 aliphatic heterocycles. The normalized spacial score (nSPS) is 30.2. The Labute approximate surface area is 191 Å². The van der Waals surface area contributed by atoms with Crippen molar-refractivity contribution in [2.75, 3.05) is 27.4 Å². The second-order valence-corrected chi connectivity index (χ2v) is 9.35. The fraction of sp³-hybridized carbons (Fsp3) is 0.636. The number of halogens is 1. The summed E-state index contributed by atoms with van der Waals surface area (Å²) in [5, 5.41) is 17.5. The van der Waals surface area contributed by atoms with Crippen molar-refractivity contribution in [3.8, 4) is 11.5 Å². The van der Waals surface area contributed by atoms with Gasteiger partial charge in [-0.25, -0.2) is 4.79 Å². The highest BCUT2D eigenvalue weighted by Gasteiger charge is 2.59. The molecule has 1 aromatic carbocycles. The topological polar surface area (TPSA) is 92.6 Å². The molecule has 8 nitrogen and oxygen atoms in total. The van der Waals surface area contributed by atoms with E-state index < -0.39 is 0 Å². The van der Waals surface area contributed by atoms with E-state index in [0.717, 1.165) is 33.5 Å². The van der Waals surface area contributed by atoms with E-state index >= 15 is 0 Å². The molecule has 0 radical (unpaired) electrons. The zero-order valence-electron chi connectivity index (χ0n) is 18.4. The van der Waals surface area contributed by atoms with Gasteiger partial charge in [0.1, 0.15) is 29.2 Å². The van der Waals surface area contributed by atoms with Crippen LogP contribution in [0.25, 0.3) is 0 Å². The van der Waals surface area contributed by atoms with Crippen LogP contribution >= 0.6 is 15.9 Å². The molecule has 0 bridgehead atoms. The highest BCUT2D eigenvalue weighted by Crippen LogP contribution is 2.60. The SMILES string of the molecule is CCNC(=O)N1Cc2cc(OC)c(Br)c3c2[C@@]2(C[C@H]1CO)[C@H](C)CC(=NOC)C[C@H]2O3. The van der Waals surface area contributed by atoms with Crippen molar-refractivity contribution in [3.63, 3.8) is 0 Å². The second kappa shape index (κ2) is 8.50. The van der Waals surface area contributed by atoms with Crippen molar-refractivity contribution < 1.29 is 24.2 Å². The Morgan fingerprint density at radius 1 is 1.45 bits per heavy atom. The molecular formula is C22H30BrN3O5. The molecule has 2 N–H and O–H groups in total. The molecule has 31 heavy (non-hydrogen) atoms.